The quantitative estimate of drug-likeness (QED) is 0.745. The standard InChI is InChI=1S/C26H31FN4O3/c1-17(2)31-23(32)19-10-6-5-9-18(19)22(24(33)29(3)4)26(31)13-15-30(16-14-26)25(34)28-21-12-8-7-11-20(21)27/h5-12,17,22H,13-16H2,1-4H3,(H,28,34). The summed E-state index contributed by atoms with van der Waals surface area (Å²) in [5, 5.41) is 2.64. The molecule has 1 atom stereocenters. The molecule has 0 aromatic heterocycles. The van der Waals surface area contributed by atoms with Gasteiger partial charge in [-0.2, -0.15) is 0 Å². The zero-order valence-corrected chi connectivity index (χ0v) is 20.0. The molecule has 8 heteroatoms. The average Bonchev–Trinajstić information content (AvgIpc) is 2.80. The number of hydrogen-bond donors (Lipinski definition) is 1. The highest BCUT2D eigenvalue weighted by atomic mass is 19.1. The highest BCUT2D eigenvalue weighted by Crippen LogP contribution is 2.48. The molecule has 2 aliphatic rings. The second kappa shape index (κ2) is 9.08. The number of halogens is 1. The Morgan fingerprint density at radius 3 is 2.29 bits per heavy atom. The Labute approximate surface area is 199 Å². The molecule has 1 fully saturated rings. The second-order valence-corrected chi connectivity index (χ2v) is 9.52. The molecule has 2 aromatic carbocycles. The number of para-hydroxylation sites is 1. The number of amides is 4. The fourth-order valence-corrected chi connectivity index (χ4v) is 5.46. The van der Waals surface area contributed by atoms with Crippen LogP contribution in [0.2, 0.25) is 0 Å². The minimum absolute atomic E-state index is 0.0603. The van der Waals surface area contributed by atoms with Gasteiger partial charge in [-0.15, -0.1) is 0 Å². The van der Waals surface area contributed by atoms with E-state index in [2.05, 4.69) is 5.32 Å². The van der Waals surface area contributed by atoms with Crippen molar-refractivity contribution < 1.29 is 18.8 Å². The molecule has 1 unspecified atom stereocenters. The van der Waals surface area contributed by atoms with E-state index in [1.54, 1.807) is 42.1 Å². The van der Waals surface area contributed by atoms with Gasteiger partial charge in [0.1, 0.15) is 5.82 Å². The van der Waals surface area contributed by atoms with Crippen LogP contribution in [0.3, 0.4) is 0 Å². The van der Waals surface area contributed by atoms with E-state index in [1.165, 1.54) is 12.1 Å². The molecule has 2 heterocycles. The van der Waals surface area contributed by atoms with E-state index in [9.17, 15) is 18.8 Å². The second-order valence-electron chi connectivity index (χ2n) is 9.52. The number of piperidine rings is 1. The number of carbonyl (C=O) groups excluding carboxylic acids is 3. The maximum absolute atomic E-state index is 14.0. The van der Waals surface area contributed by atoms with Gasteiger partial charge in [-0.25, -0.2) is 9.18 Å². The molecule has 34 heavy (non-hydrogen) atoms. The summed E-state index contributed by atoms with van der Waals surface area (Å²) in [5.74, 6) is -1.18. The lowest BCUT2D eigenvalue weighted by atomic mass is 9.66. The Kier molecular flexibility index (Phi) is 6.34. The molecule has 0 bridgehead atoms. The lowest BCUT2D eigenvalue weighted by Gasteiger charge is -2.56. The highest BCUT2D eigenvalue weighted by Gasteiger charge is 2.56. The Balaban J connectivity index is 1.68. The summed E-state index contributed by atoms with van der Waals surface area (Å²) >= 11 is 0. The van der Waals surface area contributed by atoms with Crippen molar-refractivity contribution in [3.63, 3.8) is 0 Å². The van der Waals surface area contributed by atoms with Crippen LogP contribution >= 0.6 is 0 Å². The van der Waals surface area contributed by atoms with E-state index in [4.69, 9.17) is 0 Å². The number of carbonyl (C=O) groups is 3. The van der Waals surface area contributed by atoms with Crippen molar-refractivity contribution in [3.05, 3.63) is 65.5 Å². The lowest BCUT2D eigenvalue weighted by molar-refractivity contribution is -0.136. The SMILES string of the molecule is CC(C)N1C(=O)c2ccccc2C(C(=O)N(C)C)C12CCN(C(=O)Nc1ccccc1F)CC2. The van der Waals surface area contributed by atoms with Crippen LogP contribution in [0.15, 0.2) is 48.5 Å². The van der Waals surface area contributed by atoms with Gasteiger partial charge >= 0.3 is 6.03 Å². The number of likely N-dealkylation sites (tertiary alicyclic amines) is 1. The summed E-state index contributed by atoms with van der Waals surface area (Å²) < 4.78 is 14.0. The monoisotopic (exact) mass is 466 g/mol. The molecule has 1 saturated heterocycles. The zero-order valence-electron chi connectivity index (χ0n) is 20.0. The van der Waals surface area contributed by atoms with E-state index < -0.39 is 23.3 Å². The van der Waals surface area contributed by atoms with E-state index >= 15 is 0 Å². The average molecular weight is 467 g/mol. The number of hydrogen-bond acceptors (Lipinski definition) is 3. The Bertz CT molecular complexity index is 1110. The summed E-state index contributed by atoms with van der Waals surface area (Å²) in [5.41, 5.74) is 0.670. The predicted octanol–water partition coefficient (Wildman–Crippen LogP) is 3.93. The van der Waals surface area contributed by atoms with E-state index in [0.717, 1.165) is 5.56 Å². The molecular weight excluding hydrogens is 435 g/mol. The summed E-state index contributed by atoms with van der Waals surface area (Å²) in [6, 6.07) is 12.8. The third kappa shape index (κ3) is 3.91. The predicted molar refractivity (Wildman–Crippen MR) is 128 cm³/mol. The van der Waals surface area contributed by atoms with Gasteiger partial charge < -0.3 is 20.0 Å². The van der Waals surface area contributed by atoms with Crippen LogP contribution in [0.4, 0.5) is 14.9 Å². The number of benzene rings is 2. The minimum Gasteiger partial charge on any atom is -0.348 e. The number of anilines is 1. The summed E-state index contributed by atoms with van der Waals surface area (Å²) in [6.07, 6.45) is 0.889. The van der Waals surface area contributed by atoms with Gasteiger partial charge in [0.25, 0.3) is 5.91 Å². The van der Waals surface area contributed by atoms with Crippen molar-refractivity contribution in [2.24, 2.45) is 0 Å². The smallest absolute Gasteiger partial charge is 0.321 e. The molecule has 180 valence electrons. The zero-order chi connectivity index (χ0) is 24.6. The molecule has 1 N–H and O–H groups in total. The van der Waals surface area contributed by atoms with Crippen molar-refractivity contribution in [2.45, 2.75) is 44.2 Å². The normalized spacial score (nSPS) is 19.2. The Morgan fingerprint density at radius 2 is 1.68 bits per heavy atom. The van der Waals surface area contributed by atoms with Gasteiger partial charge in [0.2, 0.25) is 5.91 Å². The number of nitrogens with one attached hydrogen (secondary N) is 1. The van der Waals surface area contributed by atoms with Crippen molar-refractivity contribution in [2.75, 3.05) is 32.5 Å². The van der Waals surface area contributed by atoms with Crippen molar-refractivity contribution in [3.8, 4) is 0 Å². The molecule has 4 rings (SSSR count). The maximum atomic E-state index is 14.0. The Hall–Kier alpha value is -3.42. The van der Waals surface area contributed by atoms with Gasteiger partial charge in [0.15, 0.2) is 0 Å². The molecule has 7 nitrogen and oxygen atoms in total. The summed E-state index contributed by atoms with van der Waals surface area (Å²) in [7, 11) is 3.46. The summed E-state index contributed by atoms with van der Waals surface area (Å²) in [4.78, 5) is 45.1. The largest absolute Gasteiger partial charge is 0.348 e. The third-order valence-corrected chi connectivity index (χ3v) is 6.97. The molecule has 1 spiro atoms. The topological polar surface area (TPSA) is 73.0 Å². The van der Waals surface area contributed by atoms with Crippen LogP contribution in [0.5, 0.6) is 0 Å². The van der Waals surface area contributed by atoms with Crippen LogP contribution in [0, 0.1) is 5.82 Å². The van der Waals surface area contributed by atoms with E-state index in [1.807, 2.05) is 36.9 Å². The fourth-order valence-electron chi connectivity index (χ4n) is 5.46. The molecule has 2 aromatic rings. The van der Waals surface area contributed by atoms with Gasteiger partial charge in [0.05, 0.1) is 17.1 Å². The molecule has 4 amide bonds. The molecule has 0 saturated carbocycles. The van der Waals surface area contributed by atoms with Crippen molar-refractivity contribution in [1.82, 2.24) is 14.7 Å². The van der Waals surface area contributed by atoms with Crippen LogP contribution < -0.4 is 5.32 Å². The molecule has 0 aliphatic carbocycles. The number of nitrogens with zero attached hydrogens (tertiary/aromatic N) is 3. The van der Waals surface area contributed by atoms with E-state index in [-0.39, 0.29) is 23.5 Å². The molecule has 0 radical (unpaired) electrons. The molecular formula is C26H31FN4O3. The number of rotatable bonds is 3. The minimum atomic E-state index is -0.754. The number of likely N-dealkylation sites (N-methyl/N-ethyl adjacent to an activating group) is 1. The Morgan fingerprint density at radius 1 is 1.06 bits per heavy atom. The first-order chi connectivity index (χ1) is 16.2. The van der Waals surface area contributed by atoms with Crippen LogP contribution in [-0.2, 0) is 4.79 Å². The van der Waals surface area contributed by atoms with Crippen LogP contribution in [0.25, 0.3) is 0 Å². The van der Waals surface area contributed by atoms with Gasteiger partial charge in [-0.3, -0.25) is 9.59 Å². The van der Waals surface area contributed by atoms with Crippen LogP contribution in [-0.4, -0.2) is 71.3 Å². The first-order valence-electron chi connectivity index (χ1n) is 11.6. The van der Waals surface area contributed by atoms with Crippen molar-refractivity contribution >= 4 is 23.5 Å². The highest BCUT2D eigenvalue weighted by molar-refractivity contribution is 6.02. The van der Waals surface area contributed by atoms with Crippen LogP contribution in [0.1, 0.15) is 48.5 Å². The number of fused-ring (bicyclic) bond motifs is 1. The third-order valence-electron chi connectivity index (χ3n) is 6.97. The van der Waals surface area contributed by atoms with Crippen molar-refractivity contribution in [1.29, 1.82) is 0 Å². The number of urea groups is 1. The fraction of sp³-hybridized carbons (Fsp3) is 0.423. The van der Waals surface area contributed by atoms with E-state index in [0.29, 0.717) is 31.5 Å². The maximum Gasteiger partial charge on any atom is 0.321 e. The molecule has 2 aliphatic heterocycles. The first kappa shape index (κ1) is 23.7. The van der Waals surface area contributed by atoms with Gasteiger partial charge in [-0.1, -0.05) is 30.3 Å². The lowest BCUT2D eigenvalue weighted by Crippen LogP contribution is -2.67. The van der Waals surface area contributed by atoms with Gasteiger partial charge in [-0.05, 0) is 50.5 Å². The first-order valence-corrected chi connectivity index (χ1v) is 11.6. The summed E-state index contributed by atoms with van der Waals surface area (Å²) in [6.45, 7) is 4.61. The van der Waals surface area contributed by atoms with Gasteiger partial charge in [0, 0.05) is 38.8 Å².